The van der Waals surface area contributed by atoms with Crippen LogP contribution in [0.2, 0.25) is 0 Å². The number of aliphatic hydroxyl groups excluding tert-OH is 1. The van der Waals surface area contributed by atoms with Crippen LogP contribution < -0.4 is 14.4 Å². The van der Waals surface area contributed by atoms with Gasteiger partial charge in [-0.15, -0.1) is 0 Å². The van der Waals surface area contributed by atoms with Crippen molar-refractivity contribution in [1.29, 1.82) is 0 Å². The molecule has 1 saturated heterocycles. The normalized spacial score (nSPS) is 17.5. The summed E-state index contributed by atoms with van der Waals surface area (Å²) in [5, 5.41) is 11.1. The highest BCUT2D eigenvalue weighted by atomic mass is 79.9. The minimum atomic E-state index is -0.898. The Labute approximate surface area is 193 Å². The largest absolute Gasteiger partial charge is 0.507 e. The van der Waals surface area contributed by atoms with Crippen LogP contribution in [0.1, 0.15) is 17.2 Å². The molecule has 4 rings (SSSR count). The Morgan fingerprint density at radius 3 is 2.34 bits per heavy atom. The third-order valence-electron chi connectivity index (χ3n) is 5.31. The van der Waals surface area contributed by atoms with Gasteiger partial charge in [0.2, 0.25) is 0 Å². The van der Waals surface area contributed by atoms with Crippen LogP contribution in [0, 0.1) is 0 Å². The number of halogens is 1. The lowest BCUT2D eigenvalue weighted by atomic mass is 9.94. The van der Waals surface area contributed by atoms with Gasteiger partial charge in [-0.05, 0) is 30.3 Å². The van der Waals surface area contributed by atoms with E-state index in [4.69, 9.17) is 9.47 Å². The topological polar surface area (TPSA) is 76.1 Å². The Kier molecular flexibility index (Phi) is 6.01. The fourth-order valence-corrected chi connectivity index (χ4v) is 4.20. The molecule has 1 amide bonds. The number of methoxy groups -OCH3 is 2. The number of ether oxygens (including phenoxy) is 2. The van der Waals surface area contributed by atoms with E-state index in [2.05, 4.69) is 15.9 Å². The SMILES string of the molecule is COc1ccc([C@@H]2C(=C(O)c3ccccc3)C(=O)C(=O)N2c2cccc(Br)c2)c(OC)c1. The van der Waals surface area contributed by atoms with E-state index < -0.39 is 17.7 Å². The number of hydrogen-bond acceptors (Lipinski definition) is 5. The van der Waals surface area contributed by atoms with Crippen LogP contribution in [0.3, 0.4) is 0 Å². The molecule has 0 saturated carbocycles. The summed E-state index contributed by atoms with van der Waals surface area (Å²) in [6.45, 7) is 0. The van der Waals surface area contributed by atoms with Crippen molar-refractivity contribution in [3.63, 3.8) is 0 Å². The van der Waals surface area contributed by atoms with Crippen LogP contribution in [0.15, 0.2) is 82.8 Å². The Balaban J connectivity index is 2.00. The molecule has 1 heterocycles. The number of rotatable bonds is 5. The standard InChI is InChI=1S/C25H20BrNO5/c1-31-18-11-12-19(20(14-18)32-2)22-21(23(28)15-7-4-3-5-8-15)24(29)25(30)27(22)17-10-6-9-16(26)13-17/h3-14,22,28H,1-2H3/t22-/m1/s1. The molecule has 0 aliphatic carbocycles. The van der Waals surface area contributed by atoms with Crippen LogP contribution in [0.5, 0.6) is 11.5 Å². The zero-order valence-electron chi connectivity index (χ0n) is 17.4. The van der Waals surface area contributed by atoms with E-state index in [1.54, 1.807) is 66.7 Å². The third kappa shape index (κ3) is 3.76. The first-order chi connectivity index (χ1) is 15.5. The predicted molar refractivity (Wildman–Crippen MR) is 125 cm³/mol. The lowest BCUT2D eigenvalue weighted by Gasteiger charge is -2.27. The first kappa shape index (κ1) is 21.6. The first-order valence-corrected chi connectivity index (χ1v) is 10.6. The lowest BCUT2D eigenvalue weighted by molar-refractivity contribution is -0.132. The molecule has 0 spiro atoms. The molecule has 0 radical (unpaired) electrons. The second kappa shape index (κ2) is 8.88. The predicted octanol–water partition coefficient (Wildman–Crippen LogP) is 5.09. The summed E-state index contributed by atoms with van der Waals surface area (Å²) in [4.78, 5) is 27.8. The number of benzene rings is 3. The highest BCUT2D eigenvalue weighted by molar-refractivity contribution is 9.10. The molecule has 0 aromatic heterocycles. The number of anilines is 1. The number of ketones is 1. The lowest BCUT2D eigenvalue weighted by Crippen LogP contribution is -2.29. The molecule has 0 bridgehead atoms. The summed E-state index contributed by atoms with van der Waals surface area (Å²) in [6, 6.07) is 20.0. The van der Waals surface area contributed by atoms with E-state index in [0.29, 0.717) is 28.3 Å². The minimum Gasteiger partial charge on any atom is -0.507 e. The maximum Gasteiger partial charge on any atom is 0.300 e. The summed E-state index contributed by atoms with van der Waals surface area (Å²) in [6.07, 6.45) is 0. The van der Waals surface area contributed by atoms with Gasteiger partial charge in [-0.3, -0.25) is 14.5 Å². The summed E-state index contributed by atoms with van der Waals surface area (Å²) >= 11 is 3.42. The van der Waals surface area contributed by atoms with Gasteiger partial charge < -0.3 is 14.6 Å². The molecule has 0 unspecified atom stereocenters. The molecule has 6 nitrogen and oxygen atoms in total. The second-order valence-electron chi connectivity index (χ2n) is 7.12. The highest BCUT2D eigenvalue weighted by Crippen LogP contribution is 2.45. The van der Waals surface area contributed by atoms with Crippen molar-refractivity contribution in [3.05, 3.63) is 94.0 Å². The van der Waals surface area contributed by atoms with E-state index in [1.807, 2.05) is 6.07 Å². The smallest absolute Gasteiger partial charge is 0.300 e. The van der Waals surface area contributed by atoms with Gasteiger partial charge in [-0.2, -0.15) is 0 Å². The van der Waals surface area contributed by atoms with Crippen LogP contribution in [-0.2, 0) is 9.59 Å². The van der Waals surface area contributed by atoms with Crippen LogP contribution >= 0.6 is 15.9 Å². The van der Waals surface area contributed by atoms with E-state index >= 15 is 0 Å². The van der Waals surface area contributed by atoms with Gasteiger partial charge in [-0.25, -0.2) is 0 Å². The quantitative estimate of drug-likeness (QED) is 0.304. The fraction of sp³-hybridized carbons (Fsp3) is 0.120. The van der Waals surface area contributed by atoms with E-state index in [0.717, 1.165) is 4.47 Å². The number of amides is 1. The van der Waals surface area contributed by atoms with Gasteiger partial charge in [0, 0.05) is 27.4 Å². The van der Waals surface area contributed by atoms with E-state index in [1.165, 1.54) is 19.1 Å². The molecule has 1 atom stereocenters. The van der Waals surface area contributed by atoms with Crippen molar-refractivity contribution >= 4 is 39.1 Å². The summed E-state index contributed by atoms with van der Waals surface area (Å²) < 4.78 is 11.6. The minimum absolute atomic E-state index is 0.00959. The number of carbonyl (C=O) groups excluding carboxylic acids is 2. The van der Waals surface area contributed by atoms with Crippen molar-refractivity contribution in [2.75, 3.05) is 19.1 Å². The molecule has 1 aliphatic heterocycles. The molecular formula is C25H20BrNO5. The first-order valence-electron chi connectivity index (χ1n) is 9.80. The number of Topliss-reactive ketones (excluding diaryl/α,β-unsaturated/α-hetero) is 1. The van der Waals surface area contributed by atoms with Gasteiger partial charge in [0.25, 0.3) is 11.7 Å². The zero-order valence-corrected chi connectivity index (χ0v) is 19.0. The van der Waals surface area contributed by atoms with Crippen molar-refractivity contribution in [2.24, 2.45) is 0 Å². The third-order valence-corrected chi connectivity index (χ3v) is 5.81. The number of carbonyl (C=O) groups is 2. The van der Waals surface area contributed by atoms with Gasteiger partial charge in [0.15, 0.2) is 0 Å². The number of nitrogens with zero attached hydrogens (tertiary/aromatic N) is 1. The van der Waals surface area contributed by atoms with E-state index in [-0.39, 0.29) is 11.3 Å². The molecule has 162 valence electrons. The Morgan fingerprint density at radius 2 is 1.69 bits per heavy atom. The summed E-state index contributed by atoms with van der Waals surface area (Å²) in [5.74, 6) is -0.759. The molecular weight excluding hydrogens is 474 g/mol. The zero-order chi connectivity index (χ0) is 22.8. The van der Waals surface area contributed by atoms with Gasteiger partial charge in [0.05, 0.1) is 25.8 Å². The molecule has 1 N–H and O–H groups in total. The maximum absolute atomic E-state index is 13.2. The molecule has 1 fully saturated rings. The summed E-state index contributed by atoms with van der Waals surface area (Å²) in [7, 11) is 3.04. The molecule has 3 aromatic carbocycles. The number of hydrogen-bond donors (Lipinski definition) is 1. The Hall–Kier alpha value is -3.58. The van der Waals surface area contributed by atoms with Crippen LogP contribution in [0.25, 0.3) is 5.76 Å². The Bertz CT molecular complexity index is 1220. The van der Waals surface area contributed by atoms with Crippen molar-refractivity contribution in [2.45, 2.75) is 6.04 Å². The van der Waals surface area contributed by atoms with Crippen molar-refractivity contribution in [1.82, 2.24) is 0 Å². The monoisotopic (exact) mass is 493 g/mol. The average Bonchev–Trinajstić information content (AvgIpc) is 3.08. The van der Waals surface area contributed by atoms with Crippen LogP contribution in [0.4, 0.5) is 5.69 Å². The summed E-state index contributed by atoms with van der Waals surface area (Å²) in [5.41, 5.74) is 1.49. The molecule has 1 aliphatic rings. The average molecular weight is 494 g/mol. The van der Waals surface area contributed by atoms with E-state index in [9.17, 15) is 14.7 Å². The number of aliphatic hydroxyl groups is 1. The van der Waals surface area contributed by atoms with Gasteiger partial charge in [0.1, 0.15) is 17.3 Å². The van der Waals surface area contributed by atoms with Crippen LogP contribution in [-0.4, -0.2) is 31.0 Å². The van der Waals surface area contributed by atoms with Crippen molar-refractivity contribution < 1.29 is 24.2 Å². The molecule has 3 aromatic rings. The Morgan fingerprint density at radius 1 is 0.938 bits per heavy atom. The fourth-order valence-electron chi connectivity index (χ4n) is 3.81. The molecule has 7 heteroatoms. The highest BCUT2D eigenvalue weighted by Gasteiger charge is 2.48. The molecule has 32 heavy (non-hydrogen) atoms. The second-order valence-corrected chi connectivity index (χ2v) is 8.04. The van der Waals surface area contributed by atoms with Crippen molar-refractivity contribution in [3.8, 4) is 11.5 Å². The van der Waals surface area contributed by atoms with Gasteiger partial charge in [-0.1, -0.05) is 52.3 Å². The maximum atomic E-state index is 13.2. The van der Waals surface area contributed by atoms with Gasteiger partial charge >= 0.3 is 0 Å².